The van der Waals surface area contributed by atoms with Gasteiger partial charge in [-0.25, -0.2) is 0 Å². The van der Waals surface area contributed by atoms with Crippen molar-refractivity contribution < 1.29 is 19.1 Å². The lowest BCUT2D eigenvalue weighted by Gasteiger charge is -2.03. The molecule has 2 rings (SSSR count). The molecule has 7 heteroatoms. The van der Waals surface area contributed by atoms with Crippen molar-refractivity contribution in [1.29, 1.82) is 0 Å². The summed E-state index contributed by atoms with van der Waals surface area (Å²) in [5, 5.41) is 3.04. The molecule has 2 aromatic rings. The summed E-state index contributed by atoms with van der Waals surface area (Å²) < 4.78 is 10.7. The summed E-state index contributed by atoms with van der Waals surface area (Å²) in [6.45, 7) is 0. The van der Waals surface area contributed by atoms with Crippen molar-refractivity contribution in [3.8, 4) is 10.4 Å². The number of amides is 1. The molecule has 0 aliphatic heterocycles. The SMILES string of the molecule is O=C(CP(=O)(O)O)Nc1ccc(-c2ccccc2)s1. The van der Waals surface area contributed by atoms with E-state index in [0.29, 0.717) is 5.00 Å². The highest BCUT2D eigenvalue weighted by atomic mass is 32.1. The monoisotopic (exact) mass is 297 g/mol. The van der Waals surface area contributed by atoms with Crippen LogP contribution in [0.15, 0.2) is 42.5 Å². The third-order valence-corrected chi connectivity index (χ3v) is 4.03. The van der Waals surface area contributed by atoms with E-state index < -0.39 is 19.7 Å². The van der Waals surface area contributed by atoms with Crippen LogP contribution in [0.25, 0.3) is 10.4 Å². The summed E-state index contributed by atoms with van der Waals surface area (Å²) in [5.41, 5.74) is 1.03. The van der Waals surface area contributed by atoms with Gasteiger partial charge in [0.05, 0.1) is 5.00 Å². The van der Waals surface area contributed by atoms with Gasteiger partial charge in [0, 0.05) is 4.88 Å². The van der Waals surface area contributed by atoms with E-state index in [9.17, 15) is 9.36 Å². The van der Waals surface area contributed by atoms with Gasteiger partial charge in [-0.1, -0.05) is 30.3 Å². The average Bonchev–Trinajstić information content (AvgIpc) is 2.76. The Morgan fingerprint density at radius 1 is 1.16 bits per heavy atom. The number of benzene rings is 1. The van der Waals surface area contributed by atoms with Crippen molar-refractivity contribution in [3.63, 3.8) is 0 Å². The van der Waals surface area contributed by atoms with Crippen LogP contribution >= 0.6 is 18.9 Å². The Morgan fingerprint density at radius 2 is 1.84 bits per heavy atom. The Balaban J connectivity index is 2.06. The highest BCUT2D eigenvalue weighted by molar-refractivity contribution is 7.52. The zero-order chi connectivity index (χ0) is 13.9. The van der Waals surface area contributed by atoms with Crippen LogP contribution in [0.2, 0.25) is 0 Å². The third kappa shape index (κ3) is 4.29. The van der Waals surface area contributed by atoms with Gasteiger partial charge < -0.3 is 15.1 Å². The summed E-state index contributed by atoms with van der Waals surface area (Å²) in [7, 11) is -4.32. The van der Waals surface area contributed by atoms with E-state index in [2.05, 4.69) is 5.32 Å². The highest BCUT2D eigenvalue weighted by Gasteiger charge is 2.19. The number of hydrogen-bond donors (Lipinski definition) is 3. The van der Waals surface area contributed by atoms with E-state index in [1.54, 1.807) is 6.07 Å². The Hall–Kier alpha value is -1.46. The van der Waals surface area contributed by atoms with Crippen LogP contribution in [0.5, 0.6) is 0 Å². The zero-order valence-electron chi connectivity index (χ0n) is 9.81. The normalized spacial score (nSPS) is 11.3. The molecule has 0 saturated carbocycles. The van der Waals surface area contributed by atoms with Gasteiger partial charge in [0.1, 0.15) is 6.16 Å². The van der Waals surface area contributed by atoms with Crippen LogP contribution in [0.1, 0.15) is 0 Å². The molecule has 3 N–H and O–H groups in total. The molecule has 19 heavy (non-hydrogen) atoms. The fourth-order valence-corrected chi connectivity index (χ4v) is 2.91. The predicted molar refractivity (Wildman–Crippen MR) is 75.3 cm³/mol. The fraction of sp³-hybridized carbons (Fsp3) is 0.0833. The topological polar surface area (TPSA) is 86.6 Å². The molecule has 0 radical (unpaired) electrons. The number of anilines is 1. The Kier molecular flexibility index (Phi) is 4.17. The second kappa shape index (κ2) is 5.67. The second-order valence-electron chi connectivity index (χ2n) is 3.90. The second-order valence-corrected chi connectivity index (χ2v) is 6.63. The number of thiophene rings is 1. The fourth-order valence-electron chi connectivity index (χ4n) is 1.53. The van der Waals surface area contributed by atoms with Crippen molar-refractivity contribution in [2.24, 2.45) is 0 Å². The molecule has 100 valence electrons. The first-order chi connectivity index (χ1) is 8.94. The summed E-state index contributed by atoms with van der Waals surface area (Å²) in [6, 6.07) is 13.2. The quantitative estimate of drug-likeness (QED) is 0.757. The van der Waals surface area contributed by atoms with Crippen molar-refractivity contribution in [2.45, 2.75) is 0 Å². The third-order valence-electron chi connectivity index (χ3n) is 2.28. The molecule has 0 saturated heterocycles. The molecule has 1 aromatic heterocycles. The molecular weight excluding hydrogens is 285 g/mol. The molecule has 0 spiro atoms. The van der Waals surface area contributed by atoms with E-state index in [4.69, 9.17) is 9.79 Å². The summed E-state index contributed by atoms with van der Waals surface area (Å²) in [4.78, 5) is 29.8. The molecule has 0 bridgehead atoms. The molecule has 1 amide bonds. The summed E-state index contributed by atoms with van der Waals surface area (Å²) >= 11 is 1.36. The van der Waals surface area contributed by atoms with Gasteiger partial charge in [0.25, 0.3) is 0 Å². The van der Waals surface area contributed by atoms with E-state index in [1.807, 2.05) is 36.4 Å². The first kappa shape index (κ1) is 14.0. The lowest BCUT2D eigenvalue weighted by molar-refractivity contribution is -0.114. The molecular formula is C12H12NO4PS. The van der Waals surface area contributed by atoms with Crippen molar-refractivity contribution >= 4 is 29.8 Å². The maximum absolute atomic E-state index is 11.4. The first-order valence-corrected chi connectivity index (χ1v) is 8.05. The smallest absolute Gasteiger partial charge is 0.324 e. The van der Waals surface area contributed by atoms with Crippen LogP contribution < -0.4 is 5.32 Å². The van der Waals surface area contributed by atoms with E-state index >= 15 is 0 Å². The van der Waals surface area contributed by atoms with Gasteiger partial charge in [-0.3, -0.25) is 9.36 Å². The largest absolute Gasteiger partial charge is 0.334 e. The molecule has 1 heterocycles. The van der Waals surface area contributed by atoms with Crippen LogP contribution in [0.4, 0.5) is 5.00 Å². The lowest BCUT2D eigenvalue weighted by atomic mass is 10.2. The molecule has 5 nitrogen and oxygen atoms in total. The summed E-state index contributed by atoms with van der Waals surface area (Å²) in [6.07, 6.45) is -0.800. The minimum absolute atomic E-state index is 0.567. The van der Waals surface area contributed by atoms with Crippen LogP contribution in [0, 0.1) is 0 Å². The molecule has 0 fully saturated rings. The minimum Gasteiger partial charge on any atom is -0.324 e. The standard InChI is InChI=1S/C12H12NO4PS/c14-11(8-18(15,16)17)13-12-7-6-10(19-12)9-4-2-1-3-5-9/h1-7H,8H2,(H,13,14)(H2,15,16,17). The van der Waals surface area contributed by atoms with Gasteiger partial charge in [-0.15, -0.1) is 11.3 Å². The maximum atomic E-state index is 11.4. The number of carbonyl (C=O) groups excluding carboxylic acids is 1. The van der Waals surface area contributed by atoms with Crippen LogP contribution in [-0.2, 0) is 9.36 Å². The predicted octanol–water partition coefficient (Wildman–Crippen LogP) is 2.53. The number of nitrogens with one attached hydrogen (secondary N) is 1. The van der Waals surface area contributed by atoms with Gasteiger partial charge in [-0.2, -0.15) is 0 Å². The summed E-state index contributed by atoms with van der Waals surface area (Å²) in [5.74, 6) is -0.685. The van der Waals surface area contributed by atoms with Crippen LogP contribution in [0.3, 0.4) is 0 Å². The van der Waals surface area contributed by atoms with Gasteiger partial charge in [0.15, 0.2) is 0 Å². The Labute approximate surface area is 114 Å². The zero-order valence-corrected chi connectivity index (χ0v) is 11.5. The molecule has 0 atom stereocenters. The molecule has 1 aromatic carbocycles. The average molecular weight is 297 g/mol. The van der Waals surface area contributed by atoms with Crippen LogP contribution in [-0.4, -0.2) is 21.9 Å². The molecule has 0 aliphatic rings. The van der Waals surface area contributed by atoms with Gasteiger partial charge >= 0.3 is 7.60 Å². The molecule has 0 unspecified atom stereocenters. The Morgan fingerprint density at radius 3 is 2.47 bits per heavy atom. The first-order valence-electron chi connectivity index (χ1n) is 5.44. The van der Waals surface area contributed by atoms with Crippen molar-refractivity contribution in [1.82, 2.24) is 0 Å². The van der Waals surface area contributed by atoms with E-state index in [1.165, 1.54) is 11.3 Å². The van der Waals surface area contributed by atoms with E-state index in [0.717, 1.165) is 10.4 Å². The van der Waals surface area contributed by atoms with Gasteiger partial charge in [0.2, 0.25) is 5.91 Å². The number of carbonyl (C=O) groups is 1. The minimum atomic E-state index is -4.32. The number of rotatable bonds is 4. The Bertz CT molecular complexity index is 620. The van der Waals surface area contributed by atoms with Gasteiger partial charge in [-0.05, 0) is 17.7 Å². The van der Waals surface area contributed by atoms with E-state index in [-0.39, 0.29) is 0 Å². The lowest BCUT2D eigenvalue weighted by Crippen LogP contribution is -2.15. The maximum Gasteiger partial charge on any atom is 0.334 e. The highest BCUT2D eigenvalue weighted by Crippen LogP contribution is 2.35. The molecule has 0 aliphatic carbocycles. The van der Waals surface area contributed by atoms with Crippen molar-refractivity contribution in [2.75, 3.05) is 11.5 Å². The number of hydrogen-bond acceptors (Lipinski definition) is 3. The van der Waals surface area contributed by atoms with Crippen molar-refractivity contribution in [3.05, 3.63) is 42.5 Å².